The third kappa shape index (κ3) is 3.84. The summed E-state index contributed by atoms with van der Waals surface area (Å²) in [5.41, 5.74) is 7.66. The third-order valence-corrected chi connectivity index (χ3v) is 5.96. The van der Waals surface area contributed by atoms with E-state index in [4.69, 9.17) is 5.10 Å². The molecule has 2 aromatic heterocycles. The average molecular weight is 409 g/mol. The third-order valence-electron chi connectivity index (χ3n) is 4.97. The van der Waals surface area contributed by atoms with E-state index in [9.17, 15) is 0 Å². The Bertz CT molecular complexity index is 1290. The lowest BCUT2D eigenvalue weighted by Gasteiger charge is -2.06. The summed E-state index contributed by atoms with van der Waals surface area (Å²) in [5.74, 6) is 0.833. The zero-order chi connectivity index (χ0) is 20.3. The van der Waals surface area contributed by atoms with Crippen LogP contribution in [0.5, 0.6) is 0 Å². The number of rotatable bonds is 5. The van der Waals surface area contributed by atoms with Gasteiger partial charge in [0.1, 0.15) is 0 Å². The van der Waals surface area contributed by atoms with Crippen molar-refractivity contribution in [1.82, 2.24) is 19.8 Å². The van der Waals surface area contributed by atoms with Crippen LogP contribution < -0.4 is 0 Å². The Balaban J connectivity index is 1.41. The smallest absolute Gasteiger partial charge is 0.187 e. The monoisotopic (exact) mass is 408 g/mol. The average Bonchev–Trinajstić information content (AvgIpc) is 3.21. The predicted octanol–water partition coefficient (Wildman–Crippen LogP) is 6.06. The van der Waals surface area contributed by atoms with Gasteiger partial charge in [-0.05, 0) is 35.7 Å². The minimum Gasteiger partial charge on any atom is -0.187 e. The van der Waals surface area contributed by atoms with Gasteiger partial charge in [-0.15, -0.1) is 10.2 Å². The quantitative estimate of drug-likeness (QED) is 0.332. The lowest BCUT2D eigenvalue weighted by molar-refractivity contribution is 0.813. The number of nitrogens with zero attached hydrogens (tertiary/aromatic N) is 4. The highest BCUT2D eigenvalue weighted by Crippen LogP contribution is 2.26. The van der Waals surface area contributed by atoms with Gasteiger partial charge in [0.25, 0.3) is 0 Å². The second-order valence-electron chi connectivity index (χ2n) is 7.19. The molecule has 5 heteroatoms. The van der Waals surface area contributed by atoms with Crippen LogP contribution in [0.4, 0.5) is 0 Å². The first-order valence-electron chi connectivity index (χ1n) is 9.83. The predicted molar refractivity (Wildman–Crippen MR) is 122 cm³/mol. The molecular formula is C25H20N4S. The van der Waals surface area contributed by atoms with Gasteiger partial charge >= 0.3 is 0 Å². The van der Waals surface area contributed by atoms with E-state index < -0.39 is 0 Å². The number of hydrogen-bond acceptors (Lipinski definition) is 4. The van der Waals surface area contributed by atoms with Gasteiger partial charge in [-0.1, -0.05) is 96.2 Å². The molecule has 4 nitrogen and oxygen atoms in total. The number of hydrogen-bond donors (Lipinski definition) is 0. The van der Waals surface area contributed by atoms with Gasteiger partial charge in [-0.2, -0.15) is 9.61 Å². The first-order chi connectivity index (χ1) is 14.8. The fourth-order valence-corrected chi connectivity index (χ4v) is 4.26. The molecule has 0 aliphatic carbocycles. The normalized spacial score (nSPS) is 11.1. The molecule has 0 atom stereocenters. The summed E-state index contributed by atoms with van der Waals surface area (Å²) in [7, 11) is 0. The highest BCUT2D eigenvalue weighted by molar-refractivity contribution is 7.98. The SMILES string of the molecule is Cc1cccc(CSc2nnc3ccc(-c4ccc(-c5ccccc5)cc4)nn23)c1. The number of aryl methyl sites for hydroxylation is 1. The first-order valence-corrected chi connectivity index (χ1v) is 10.8. The molecule has 5 aromatic rings. The summed E-state index contributed by atoms with van der Waals surface area (Å²) < 4.78 is 1.83. The van der Waals surface area contributed by atoms with E-state index >= 15 is 0 Å². The number of fused-ring (bicyclic) bond motifs is 1. The van der Waals surface area contributed by atoms with Crippen LogP contribution in [0.15, 0.2) is 96.2 Å². The molecule has 0 aliphatic heterocycles. The van der Waals surface area contributed by atoms with Crippen LogP contribution in [0.2, 0.25) is 0 Å². The molecule has 146 valence electrons. The Morgan fingerprint density at radius 1 is 0.733 bits per heavy atom. The minimum atomic E-state index is 0.756. The fourth-order valence-electron chi connectivity index (χ4n) is 3.43. The Morgan fingerprint density at radius 2 is 1.50 bits per heavy atom. The number of aromatic nitrogens is 4. The maximum atomic E-state index is 4.81. The number of thioether (sulfide) groups is 1. The molecule has 0 spiro atoms. The van der Waals surface area contributed by atoms with Crippen molar-refractivity contribution in [2.45, 2.75) is 17.8 Å². The molecule has 0 aliphatic rings. The summed E-state index contributed by atoms with van der Waals surface area (Å²) in [6.45, 7) is 2.11. The van der Waals surface area contributed by atoms with Gasteiger partial charge < -0.3 is 0 Å². The number of benzene rings is 3. The molecule has 0 amide bonds. The van der Waals surface area contributed by atoms with Crippen LogP contribution in [0.1, 0.15) is 11.1 Å². The molecule has 5 rings (SSSR count). The lowest BCUT2D eigenvalue weighted by Crippen LogP contribution is -1.96. The molecule has 0 saturated carbocycles. The van der Waals surface area contributed by atoms with Crippen molar-refractivity contribution in [3.63, 3.8) is 0 Å². The lowest BCUT2D eigenvalue weighted by atomic mass is 10.0. The van der Waals surface area contributed by atoms with Gasteiger partial charge in [0, 0.05) is 11.3 Å². The van der Waals surface area contributed by atoms with Gasteiger partial charge in [-0.3, -0.25) is 0 Å². The summed E-state index contributed by atoms with van der Waals surface area (Å²) >= 11 is 1.65. The Kier molecular flexibility index (Phi) is 5.03. The standard InChI is InChI=1S/C25H20N4S/c1-18-6-5-7-19(16-18)17-30-25-27-26-24-15-14-23(28-29(24)25)22-12-10-21(11-13-22)20-8-3-2-4-9-20/h2-16H,17H2,1H3. The summed E-state index contributed by atoms with van der Waals surface area (Å²) in [4.78, 5) is 0. The van der Waals surface area contributed by atoms with E-state index in [1.807, 2.05) is 22.7 Å². The van der Waals surface area contributed by atoms with Gasteiger partial charge in [0.15, 0.2) is 5.65 Å². The van der Waals surface area contributed by atoms with Gasteiger partial charge in [0.2, 0.25) is 5.16 Å². The van der Waals surface area contributed by atoms with Crippen LogP contribution in [0.25, 0.3) is 28.0 Å². The molecule has 30 heavy (non-hydrogen) atoms. The molecule has 0 bridgehead atoms. The van der Waals surface area contributed by atoms with Crippen LogP contribution in [-0.4, -0.2) is 19.8 Å². The maximum absolute atomic E-state index is 4.81. The Labute approximate surface area is 179 Å². The van der Waals surface area contributed by atoms with E-state index in [0.29, 0.717) is 0 Å². The second kappa shape index (κ2) is 8.13. The van der Waals surface area contributed by atoms with Crippen molar-refractivity contribution in [3.05, 3.63) is 102 Å². The van der Waals surface area contributed by atoms with Crippen molar-refractivity contribution in [2.24, 2.45) is 0 Å². The molecule has 0 radical (unpaired) electrons. The zero-order valence-electron chi connectivity index (χ0n) is 16.6. The first kappa shape index (κ1) is 18.6. The summed E-state index contributed by atoms with van der Waals surface area (Å²) in [5, 5.41) is 14.2. The topological polar surface area (TPSA) is 43.1 Å². The van der Waals surface area contributed by atoms with Crippen molar-refractivity contribution in [1.29, 1.82) is 0 Å². The van der Waals surface area contributed by atoms with Crippen molar-refractivity contribution < 1.29 is 0 Å². The highest BCUT2D eigenvalue weighted by Gasteiger charge is 2.10. The van der Waals surface area contributed by atoms with E-state index in [1.54, 1.807) is 11.8 Å². The van der Waals surface area contributed by atoms with Crippen LogP contribution in [0.3, 0.4) is 0 Å². The Morgan fingerprint density at radius 3 is 2.30 bits per heavy atom. The van der Waals surface area contributed by atoms with Crippen molar-refractivity contribution in [2.75, 3.05) is 0 Å². The second-order valence-corrected chi connectivity index (χ2v) is 8.13. The molecule has 0 unspecified atom stereocenters. The molecule has 0 saturated heterocycles. The van der Waals surface area contributed by atoms with E-state index in [1.165, 1.54) is 22.3 Å². The van der Waals surface area contributed by atoms with Crippen LogP contribution >= 0.6 is 11.8 Å². The maximum Gasteiger partial charge on any atom is 0.212 e. The van der Waals surface area contributed by atoms with Crippen LogP contribution in [0, 0.1) is 6.92 Å². The molecule has 0 fully saturated rings. The largest absolute Gasteiger partial charge is 0.212 e. The minimum absolute atomic E-state index is 0.756. The Hall–Kier alpha value is -3.44. The highest BCUT2D eigenvalue weighted by atomic mass is 32.2. The molecule has 0 N–H and O–H groups in total. The van der Waals surface area contributed by atoms with E-state index in [-0.39, 0.29) is 0 Å². The van der Waals surface area contributed by atoms with E-state index in [0.717, 1.165) is 27.8 Å². The van der Waals surface area contributed by atoms with Crippen molar-refractivity contribution in [3.8, 4) is 22.4 Å². The van der Waals surface area contributed by atoms with Crippen LogP contribution in [-0.2, 0) is 5.75 Å². The zero-order valence-corrected chi connectivity index (χ0v) is 17.4. The summed E-state index contributed by atoms with van der Waals surface area (Å²) in [6.07, 6.45) is 0. The molecule has 3 aromatic carbocycles. The fraction of sp³-hybridized carbons (Fsp3) is 0.0800. The van der Waals surface area contributed by atoms with Gasteiger partial charge in [0.05, 0.1) is 5.69 Å². The summed E-state index contributed by atoms with van der Waals surface area (Å²) in [6, 6.07) is 31.4. The molecular weight excluding hydrogens is 388 g/mol. The van der Waals surface area contributed by atoms with E-state index in [2.05, 4.69) is 89.9 Å². The van der Waals surface area contributed by atoms with Gasteiger partial charge in [-0.25, -0.2) is 0 Å². The molecule has 2 heterocycles. The van der Waals surface area contributed by atoms with Crippen molar-refractivity contribution >= 4 is 17.4 Å².